The minimum Gasteiger partial charge on any atom is -0.508 e. The van der Waals surface area contributed by atoms with E-state index in [0.29, 0.717) is 24.0 Å². The summed E-state index contributed by atoms with van der Waals surface area (Å²) >= 11 is 0. The van der Waals surface area contributed by atoms with Crippen molar-refractivity contribution in [3.05, 3.63) is 36.4 Å². The molecule has 0 aliphatic rings. The van der Waals surface area contributed by atoms with Gasteiger partial charge < -0.3 is 15.2 Å². The van der Waals surface area contributed by atoms with Gasteiger partial charge >= 0.3 is 0 Å². The van der Waals surface area contributed by atoms with Crippen LogP contribution in [0.15, 0.2) is 36.4 Å². The lowest BCUT2D eigenvalue weighted by Gasteiger charge is -2.28. The highest BCUT2D eigenvalue weighted by molar-refractivity contribution is 5.94. The van der Waals surface area contributed by atoms with Crippen LogP contribution >= 0.6 is 0 Å². The molecule has 3 heteroatoms. The summed E-state index contributed by atoms with van der Waals surface area (Å²) in [6, 6.07) is 11.5. The monoisotopic (exact) mass is 329 g/mol. The zero-order valence-corrected chi connectivity index (χ0v) is 15.6. The number of phenolic OH excluding ortho intramolecular Hbond substituents is 1. The van der Waals surface area contributed by atoms with Crippen LogP contribution in [-0.2, 0) is 4.74 Å². The van der Waals surface area contributed by atoms with E-state index in [1.165, 1.54) is 0 Å². The van der Waals surface area contributed by atoms with E-state index >= 15 is 0 Å². The van der Waals surface area contributed by atoms with E-state index in [1.807, 2.05) is 24.3 Å². The highest BCUT2D eigenvalue weighted by Crippen LogP contribution is 2.29. The lowest BCUT2D eigenvalue weighted by Crippen LogP contribution is -2.23. The van der Waals surface area contributed by atoms with Gasteiger partial charge in [-0.1, -0.05) is 46.8 Å². The maximum Gasteiger partial charge on any atom is 0.116 e. The minimum atomic E-state index is 0.290. The van der Waals surface area contributed by atoms with Gasteiger partial charge in [-0.3, -0.25) is 0 Å². The predicted molar refractivity (Wildman–Crippen MR) is 102 cm³/mol. The number of hydrogen-bond donors (Lipinski definition) is 2. The van der Waals surface area contributed by atoms with Gasteiger partial charge in [0.05, 0.1) is 6.61 Å². The third-order valence-corrected chi connectivity index (χ3v) is 4.38. The SMILES string of the molecule is CC(C)C(COCNc1cccc2cc(O)ccc12)CC(C)(C)C. The van der Waals surface area contributed by atoms with Gasteiger partial charge in [-0.25, -0.2) is 0 Å². The first-order valence-corrected chi connectivity index (χ1v) is 8.79. The van der Waals surface area contributed by atoms with E-state index in [0.717, 1.165) is 29.5 Å². The van der Waals surface area contributed by atoms with Crippen LogP contribution in [0.2, 0.25) is 0 Å². The normalized spacial score (nSPS) is 13.4. The van der Waals surface area contributed by atoms with Crippen LogP contribution in [0.3, 0.4) is 0 Å². The number of benzene rings is 2. The predicted octanol–water partition coefficient (Wildman–Crippen LogP) is 5.64. The molecule has 0 fully saturated rings. The first-order valence-electron chi connectivity index (χ1n) is 8.79. The highest BCUT2D eigenvalue weighted by Gasteiger charge is 2.21. The molecule has 0 bridgehead atoms. The van der Waals surface area contributed by atoms with Crippen molar-refractivity contribution in [1.82, 2.24) is 0 Å². The second-order valence-corrected chi connectivity index (χ2v) is 8.17. The van der Waals surface area contributed by atoms with E-state index in [-0.39, 0.29) is 5.75 Å². The number of anilines is 1. The number of ether oxygens (including phenoxy) is 1. The summed E-state index contributed by atoms with van der Waals surface area (Å²) in [5.74, 6) is 1.47. The first-order chi connectivity index (χ1) is 11.3. The fraction of sp³-hybridized carbons (Fsp3) is 0.524. The molecule has 2 aromatic rings. The Balaban J connectivity index is 1.92. The average Bonchev–Trinajstić information content (AvgIpc) is 2.48. The van der Waals surface area contributed by atoms with Crippen LogP contribution in [0.4, 0.5) is 5.69 Å². The molecule has 2 rings (SSSR count). The van der Waals surface area contributed by atoms with Crippen molar-refractivity contribution in [2.24, 2.45) is 17.3 Å². The Kier molecular flexibility index (Phi) is 6.11. The van der Waals surface area contributed by atoms with Crippen molar-refractivity contribution in [2.75, 3.05) is 18.7 Å². The van der Waals surface area contributed by atoms with E-state index in [2.05, 4.69) is 39.9 Å². The molecule has 0 radical (unpaired) electrons. The van der Waals surface area contributed by atoms with Crippen LogP contribution in [-0.4, -0.2) is 18.4 Å². The Hall–Kier alpha value is -1.74. The second-order valence-electron chi connectivity index (χ2n) is 8.17. The Bertz CT molecular complexity index is 658. The summed E-state index contributed by atoms with van der Waals surface area (Å²) in [7, 11) is 0. The van der Waals surface area contributed by atoms with Crippen LogP contribution in [0.25, 0.3) is 10.8 Å². The molecule has 0 spiro atoms. The summed E-state index contributed by atoms with van der Waals surface area (Å²) in [4.78, 5) is 0. The minimum absolute atomic E-state index is 0.290. The van der Waals surface area contributed by atoms with Gasteiger partial charge in [-0.05, 0) is 53.3 Å². The van der Waals surface area contributed by atoms with Gasteiger partial charge in [-0.2, -0.15) is 0 Å². The largest absolute Gasteiger partial charge is 0.508 e. The molecule has 2 aromatic carbocycles. The van der Waals surface area contributed by atoms with Gasteiger partial charge in [0.25, 0.3) is 0 Å². The topological polar surface area (TPSA) is 41.5 Å². The van der Waals surface area contributed by atoms with Crippen LogP contribution in [0, 0.1) is 17.3 Å². The van der Waals surface area contributed by atoms with Crippen molar-refractivity contribution < 1.29 is 9.84 Å². The Morgan fingerprint density at radius 3 is 2.54 bits per heavy atom. The van der Waals surface area contributed by atoms with Crippen LogP contribution in [0.1, 0.15) is 41.0 Å². The zero-order valence-electron chi connectivity index (χ0n) is 15.6. The van der Waals surface area contributed by atoms with Crippen molar-refractivity contribution >= 4 is 16.5 Å². The standard InChI is InChI=1S/C21H31NO2/c1-15(2)17(12-21(3,4)5)13-24-14-22-20-8-6-7-16-11-18(23)9-10-19(16)20/h6-11,15,17,22-23H,12-14H2,1-5H3. The number of aromatic hydroxyl groups is 1. The molecule has 24 heavy (non-hydrogen) atoms. The fourth-order valence-electron chi connectivity index (χ4n) is 3.04. The lowest BCUT2D eigenvalue weighted by molar-refractivity contribution is 0.0748. The fourth-order valence-corrected chi connectivity index (χ4v) is 3.04. The molecule has 0 heterocycles. The molecule has 0 aromatic heterocycles. The number of phenols is 1. The van der Waals surface area contributed by atoms with Gasteiger partial charge in [0.2, 0.25) is 0 Å². The summed E-state index contributed by atoms with van der Waals surface area (Å²) in [5.41, 5.74) is 1.35. The quantitative estimate of drug-likeness (QED) is 0.510. The van der Waals surface area contributed by atoms with Gasteiger partial charge in [0, 0.05) is 11.1 Å². The molecule has 0 aliphatic heterocycles. The molecular formula is C21H31NO2. The molecule has 0 saturated carbocycles. The van der Waals surface area contributed by atoms with Crippen molar-refractivity contribution in [2.45, 2.75) is 41.0 Å². The third kappa shape index (κ3) is 5.41. The molecular weight excluding hydrogens is 298 g/mol. The molecule has 1 atom stereocenters. The summed E-state index contributed by atoms with van der Waals surface area (Å²) in [6.07, 6.45) is 1.16. The number of rotatable bonds is 7. The van der Waals surface area contributed by atoms with Crippen LogP contribution in [0.5, 0.6) is 5.75 Å². The number of hydrogen-bond acceptors (Lipinski definition) is 3. The van der Waals surface area contributed by atoms with Crippen molar-refractivity contribution in [3.8, 4) is 5.75 Å². The Labute approximate surface area is 146 Å². The lowest BCUT2D eigenvalue weighted by atomic mass is 9.80. The molecule has 0 aliphatic carbocycles. The number of fused-ring (bicyclic) bond motifs is 1. The van der Waals surface area contributed by atoms with E-state index in [4.69, 9.17) is 4.74 Å². The highest BCUT2D eigenvalue weighted by atomic mass is 16.5. The molecule has 0 saturated heterocycles. The molecule has 132 valence electrons. The van der Waals surface area contributed by atoms with Gasteiger partial charge in [0.1, 0.15) is 12.5 Å². The maximum atomic E-state index is 9.60. The molecule has 1 unspecified atom stereocenters. The summed E-state index contributed by atoms with van der Waals surface area (Å²) in [6.45, 7) is 12.7. The van der Waals surface area contributed by atoms with Gasteiger partial charge in [-0.15, -0.1) is 0 Å². The van der Waals surface area contributed by atoms with E-state index < -0.39 is 0 Å². The third-order valence-electron chi connectivity index (χ3n) is 4.38. The Morgan fingerprint density at radius 1 is 1.12 bits per heavy atom. The van der Waals surface area contributed by atoms with E-state index in [9.17, 15) is 5.11 Å². The Morgan fingerprint density at radius 2 is 1.88 bits per heavy atom. The average molecular weight is 329 g/mol. The van der Waals surface area contributed by atoms with Crippen molar-refractivity contribution in [3.63, 3.8) is 0 Å². The molecule has 3 nitrogen and oxygen atoms in total. The second kappa shape index (κ2) is 7.89. The summed E-state index contributed by atoms with van der Waals surface area (Å²) in [5, 5.41) is 15.1. The zero-order chi connectivity index (χ0) is 17.7. The van der Waals surface area contributed by atoms with E-state index in [1.54, 1.807) is 12.1 Å². The van der Waals surface area contributed by atoms with Gasteiger partial charge in [0.15, 0.2) is 0 Å². The number of nitrogens with one attached hydrogen (secondary N) is 1. The molecule has 2 N–H and O–H groups in total. The summed E-state index contributed by atoms with van der Waals surface area (Å²) < 4.78 is 5.92. The van der Waals surface area contributed by atoms with Crippen molar-refractivity contribution in [1.29, 1.82) is 0 Å². The first kappa shape index (κ1) is 18.6. The smallest absolute Gasteiger partial charge is 0.116 e. The maximum absolute atomic E-state index is 9.60. The van der Waals surface area contributed by atoms with Crippen LogP contribution < -0.4 is 5.32 Å². The molecule has 0 amide bonds.